The van der Waals surface area contributed by atoms with Gasteiger partial charge in [-0.1, -0.05) is 6.07 Å². The molecule has 0 aliphatic heterocycles. The van der Waals surface area contributed by atoms with E-state index in [9.17, 15) is 9.59 Å². The summed E-state index contributed by atoms with van der Waals surface area (Å²) in [5.41, 5.74) is 1.87. The first-order chi connectivity index (χ1) is 13.6. The number of hydrogen-bond donors (Lipinski definition) is 1. The molecular weight excluding hydrogens is 352 g/mol. The van der Waals surface area contributed by atoms with Gasteiger partial charge in [0.05, 0.1) is 0 Å². The van der Waals surface area contributed by atoms with E-state index in [2.05, 4.69) is 33.2 Å². The molecule has 0 radical (unpaired) electrons. The Labute approximate surface area is 164 Å². The molecule has 0 saturated heterocycles. The third-order valence-corrected chi connectivity index (χ3v) is 5.76. The molecule has 0 unspecified atom stereocenters. The van der Waals surface area contributed by atoms with Crippen molar-refractivity contribution < 1.29 is 4.79 Å². The quantitative estimate of drug-likeness (QED) is 0.741. The van der Waals surface area contributed by atoms with E-state index in [1.807, 2.05) is 25.3 Å². The van der Waals surface area contributed by atoms with Crippen molar-refractivity contribution in [1.29, 1.82) is 0 Å². The summed E-state index contributed by atoms with van der Waals surface area (Å²) in [5, 5.41) is 4.32. The Morgan fingerprint density at radius 2 is 1.96 bits per heavy atom. The molecule has 1 amide bonds. The topological polar surface area (TPSA) is 68.9 Å². The van der Waals surface area contributed by atoms with Crippen molar-refractivity contribution in [3.05, 3.63) is 64.8 Å². The third kappa shape index (κ3) is 3.86. The predicted octanol–water partition coefficient (Wildman–Crippen LogP) is 3.20. The van der Waals surface area contributed by atoms with E-state index in [4.69, 9.17) is 0 Å². The summed E-state index contributed by atoms with van der Waals surface area (Å²) in [7, 11) is 0. The molecule has 1 aliphatic rings. The summed E-state index contributed by atoms with van der Waals surface area (Å²) in [6, 6.07) is 12.0. The Balaban J connectivity index is 1.29. The van der Waals surface area contributed by atoms with E-state index in [0.29, 0.717) is 19.0 Å². The lowest BCUT2D eigenvalue weighted by atomic mass is 9.91. The second kappa shape index (κ2) is 8.00. The number of carbonyl (C=O) groups excluding carboxylic acids is 1. The maximum Gasteiger partial charge on any atom is 0.250 e. The number of carbonyl (C=O) groups is 1. The second-order valence-corrected chi connectivity index (χ2v) is 7.62. The Morgan fingerprint density at radius 3 is 2.75 bits per heavy atom. The van der Waals surface area contributed by atoms with E-state index in [0.717, 1.165) is 37.0 Å². The molecule has 4 rings (SSSR count). The van der Waals surface area contributed by atoms with Crippen LogP contribution >= 0.6 is 0 Å². The standard InChI is InChI=1S/C22H26N4O2/c1-16-4-2-6-21(28)25(16)15-12-20(27)24-18-7-9-19(10-8-18)26-14-11-17-5-3-13-23-22(17)26/h2-6,11,13-14,18-19H,7-10,12,15H2,1H3,(H,24,27). The highest BCUT2D eigenvalue weighted by molar-refractivity contribution is 5.76. The first-order valence-corrected chi connectivity index (χ1v) is 9.99. The molecule has 0 atom stereocenters. The predicted molar refractivity (Wildman–Crippen MR) is 109 cm³/mol. The van der Waals surface area contributed by atoms with Gasteiger partial charge in [0.15, 0.2) is 0 Å². The van der Waals surface area contributed by atoms with Gasteiger partial charge in [-0.25, -0.2) is 4.98 Å². The smallest absolute Gasteiger partial charge is 0.250 e. The molecule has 0 spiro atoms. The first-order valence-electron chi connectivity index (χ1n) is 9.99. The lowest BCUT2D eigenvalue weighted by Gasteiger charge is -2.30. The molecule has 3 aromatic rings. The number of rotatable bonds is 5. The number of hydrogen-bond acceptors (Lipinski definition) is 3. The summed E-state index contributed by atoms with van der Waals surface area (Å²) in [6.07, 6.45) is 8.29. The maximum atomic E-state index is 12.4. The normalized spacial score (nSPS) is 19.6. The second-order valence-electron chi connectivity index (χ2n) is 7.62. The van der Waals surface area contributed by atoms with Crippen LogP contribution in [-0.4, -0.2) is 26.1 Å². The number of aryl methyl sites for hydroxylation is 1. The van der Waals surface area contributed by atoms with Crippen LogP contribution in [0.2, 0.25) is 0 Å². The molecular formula is C22H26N4O2. The molecule has 3 heterocycles. The van der Waals surface area contributed by atoms with Crippen molar-refractivity contribution in [2.45, 2.75) is 57.7 Å². The molecule has 28 heavy (non-hydrogen) atoms. The van der Waals surface area contributed by atoms with Gasteiger partial charge in [-0.3, -0.25) is 9.59 Å². The molecule has 0 aromatic carbocycles. The van der Waals surface area contributed by atoms with Crippen molar-refractivity contribution in [1.82, 2.24) is 19.4 Å². The van der Waals surface area contributed by atoms with Crippen LogP contribution in [-0.2, 0) is 11.3 Å². The minimum atomic E-state index is -0.0548. The lowest BCUT2D eigenvalue weighted by Crippen LogP contribution is -2.38. The summed E-state index contributed by atoms with van der Waals surface area (Å²) < 4.78 is 3.93. The van der Waals surface area contributed by atoms with Crippen molar-refractivity contribution in [2.75, 3.05) is 0 Å². The fraction of sp³-hybridized carbons (Fsp3) is 0.409. The van der Waals surface area contributed by atoms with Crippen LogP contribution in [0, 0.1) is 6.92 Å². The Hall–Kier alpha value is -2.89. The zero-order valence-electron chi connectivity index (χ0n) is 16.2. The number of nitrogens with zero attached hydrogens (tertiary/aromatic N) is 3. The SMILES string of the molecule is Cc1cccc(=O)n1CCC(=O)NC1CCC(n2ccc3cccnc32)CC1. The van der Waals surface area contributed by atoms with E-state index in [-0.39, 0.29) is 17.5 Å². The maximum absolute atomic E-state index is 12.4. The Morgan fingerprint density at radius 1 is 1.14 bits per heavy atom. The minimum absolute atomic E-state index is 0.0201. The van der Waals surface area contributed by atoms with Crippen LogP contribution in [0.15, 0.2) is 53.6 Å². The fourth-order valence-electron chi connectivity index (χ4n) is 4.20. The molecule has 1 fully saturated rings. The summed E-state index contributed by atoms with van der Waals surface area (Å²) in [4.78, 5) is 28.8. The highest BCUT2D eigenvalue weighted by Gasteiger charge is 2.24. The van der Waals surface area contributed by atoms with Gasteiger partial charge in [-0.2, -0.15) is 0 Å². The third-order valence-electron chi connectivity index (χ3n) is 5.76. The molecule has 6 heteroatoms. The minimum Gasteiger partial charge on any atom is -0.353 e. The zero-order valence-corrected chi connectivity index (χ0v) is 16.2. The van der Waals surface area contributed by atoms with E-state index in [1.54, 1.807) is 10.6 Å². The molecule has 3 aromatic heterocycles. The molecule has 6 nitrogen and oxygen atoms in total. The van der Waals surface area contributed by atoms with Crippen molar-refractivity contribution in [3.63, 3.8) is 0 Å². The van der Waals surface area contributed by atoms with Gasteiger partial charge in [0.2, 0.25) is 5.91 Å². The van der Waals surface area contributed by atoms with Gasteiger partial charge in [0, 0.05) is 54.6 Å². The van der Waals surface area contributed by atoms with Gasteiger partial charge in [-0.15, -0.1) is 0 Å². The number of fused-ring (bicyclic) bond motifs is 1. The van der Waals surface area contributed by atoms with Gasteiger partial charge in [0.1, 0.15) is 5.65 Å². The molecule has 1 aliphatic carbocycles. The summed E-state index contributed by atoms with van der Waals surface area (Å²) >= 11 is 0. The van der Waals surface area contributed by atoms with Crippen LogP contribution < -0.4 is 10.9 Å². The molecule has 1 N–H and O–H groups in total. The van der Waals surface area contributed by atoms with Crippen LogP contribution in [0.5, 0.6) is 0 Å². The monoisotopic (exact) mass is 378 g/mol. The molecule has 1 saturated carbocycles. The van der Waals surface area contributed by atoms with Crippen LogP contribution in [0.1, 0.15) is 43.8 Å². The van der Waals surface area contributed by atoms with Crippen LogP contribution in [0.3, 0.4) is 0 Å². The number of aromatic nitrogens is 3. The highest BCUT2D eigenvalue weighted by atomic mass is 16.2. The van der Waals surface area contributed by atoms with Crippen LogP contribution in [0.25, 0.3) is 11.0 Å². The van der Waals surface area contributed by atoms with Gasteiger partial charge in [-0.05, 0) is 56.9 Å². The number of nitrogens with one attached hydrogen (secondary N) is 1. The average molecular weight is 378 g/mol. The largest absolute Gasteiger partial charge is 0.353 e. The Kier molecular flexibility index (Phi) is 5.28. The van der Waals surface area contributed by atoms with E-state index < -0.39 is 0 Å². The average Bonchev–Trinajstić information content (AvgIpc) is 3.12. The molecule has 0 bridgehead atoms. The van der Waals surface area contributed by atoms with Gasteiger partial charge < -0.3 is 14.5 Å². The Bertz CT molecular complexity index is 1030. The van der Waals surface area contributed by atoms with Gasteiger partial charge in [0.25, 0.3) is 5.56 Å². The van der Waals surface area contributed by atoms with E-state index >= 15 is 0 Å². The van der Waals surface area contributed by atoms with Crippen LogP contribution in [0.4, 0.5) is 0 Å². The summed E-state index contributed by atoms with van der Waals surface area (Å²) in [5.74, 6) is 0.0201. The first kappa shape index (κ1) is 18.5. The summed E-state index contributed by atoms with van der Waals surface area (Å²) in [6.45, 7) is 2.31. The fourth-order valence-corrected chi connectivity index (χ4v) is 4.20. The van der Waals surface area contributed by atoms with Gasteiger partial charge >= 0.3 is 0 Å². The van der Waals surface area contributed by atoms with Crippen molar-refractivity contribution >= 4 is 16.9 Å². The number of pyridine rings is 2. The van der Waals surface area contributed by atoms with E-state index in [1.165, 1.54) is 11.5 Å². The lowest BCUT2D eigenvalue weighted by molar-refractivity contribution is -0.122. The number of amides is 1. The highest BCUT2D eigenvalue weighted by Crippen LogP contribution is 2.31. The van der Waals surface area contributed by atoms with Crippen molar-refractivity contribution in [3.8, 4) is 0 Å². The molecule has 146 valence electrons. The van der Waals surface area contributed by atoms with Crippen molar-refractivity contribution in [2.24, 2.45) is 0 Å². The zero-order chi connectivity index (χ0) is 19.5.